The van der Waals surface area contributed by atoms with Crippen LogP contribution in [0.2, 0.25) is 0 Å². The first-order valence-electron chi connectivity index (χ1n) is 4.10. The molecule has 1 rings (SSSR count). The fourth-order valence-corrected chi connectivity index (χ4v) is 1.64. The predicted molar refractivity (Wildman–Crippen MR) is 41.8 cm³/mol. The van der Waals surface area contributed by atoms with Crippen molar-refractivity contribution in [1.29, 1.82) is 0 Å². The van der Waals surface area contributed by atoms with Gasteiger partial charge in [-0.1, -0.05) is 13.8 Å². The molecule has 1 aliphatic rings. The van der Waals surface area contributed by atoms with E-state index in [1.54, 1.807) is 0 Å². The van der Waals surface area contributed by atoms with E-state index in [0.29, 0.717) is 11.8 Å². The molecule has 0 bridgehead atoms. The van der Waals surface area contributed by atoms with Crippen molar-refractivity contribution in [2.24, 2.45) is 11.8 Å². The molecule has 0 amide bonds. The Bertz CT molecular complexity index is 103. The molecule has 0 spiro atoms. The summed E-state index contributed by atoms with van der Waals surface area (Å²) >= 11 is 0. The molecule has 2 heteroatoms. The first-order chi connectivity index (χ1) is 4.72. The maximum atomic E-state index is 9.48. The van der Waals surface area contributed by atoms with E-state index < -0.39 is 0 Å². The molecule has 0 unspecified atom stereocenters. The van der Waals surface area contributed by atoms with Crippen molar-refractivity contribution in [3.05, 3.63) is 0 Å². The van der Waals surface area contributed by atoms with Crippen LogP contribution in [0.5, 0.6) is 0 Å². The summed E-state index contributed by atoms with van der Waals surface area (Å²) in [5.74, 6) is 1.14. The fourth-order valence-electron chi connectivity index (χ4n) is 1.64. The van der Waals surface area contributed by atoms with E-state index in [1.165, 1.54) is 0 Å². The molecule has 10 heavy (non-hydrogen) atoms. The molecule has 1 heterocycles. The zero-order chi connectivity index (χ0) is 7.56. The lowest BCUT2D eigenvalue weighted by molar-refractivity contribution is 0.0570. The fraction of sp³-hybridized carbons (Fsp3) is 1.00. The molecular formula is C8H17NO. The number of β-amino-alcohol motifs (C(OH)–C–C–N with tert-alkyl or cyclic N) is 1. The second kappa shape index (κ2) is 3.35. The molecule has 1 aliphatic heterocycles. The Kier molecular flexibility index (Phi) is 2.69. The summed E-state index contributed by atoms with van der Waals surface area (Å²) in [7, 11) is 0. The van der Waals surface area contributed by atoms with E-state index in [-0.39, 0.29) is 6.10 Å². The van der Waals surface area contributed by atoms with Gasteiger partial charge in [0.25, 0.3) is 0 Å². The normalized spacial score (nSPS) is 34.8. The lowest BCUT2D eigenvalue weighted by Gasteiger charge is -2.31. The Hall–Kier alpha value is -0.0800. The van der Waals surface area contributed by atoms with Crippen LogP contribution in [0.1, 0.15) is 20.3 Å². The van der Waals surface area contributed by atoms with Crippen LogP contribution >= 0.6 is 0 Å². The summed E-state index contributed by atoms with van der Waals surface area (Å²) in [5.41, 5.74) is 0. The van der Waals surface area contributed by atoms with Gasteiger partial charge in [-0.2, -0.15) is 0 Å². The highest BCUT2D eigenvalue weighted by Gasteiger charge is 2.24. The summed E-state index contributed by atoms with van der Waals surface area (Å²) in [6.45, 7) is 6.21. The smallest absolute Gasteiger partial charge is 0.0695 e. The van der Waals surface area contributed by atoms with Crippen LogP contribution in [0, 0.1) is 11.8 Å². The van der Waals surface area contributed by atoms with Gasteiger partial charge in [0.05, 0.1) is 6.10 Å². The largest absolute Gasteiger partial charge is 0.392 e. The Morgan fingerprint density at radius 2 is 2.20 bits per heavy atom. The van der Waals surface area contributed by atoms with Crippen molar-refractivity contribution in [3.63, 3.8) is 0 Å². The van der Waals surface area contributed by atoms with Crippen LogP contribution in [0.4, 0.5) is 0 Å². The summed E-state index contributed by atoms with van der Waals surface area (Å²) in [4.78, 5) is 0. The molecule has 0 aromatic heterocycles. The summed E-state index contributed by atoms with van der Waals surface area (Å²) in [6.07, 6.45) is 1.01. The van der Waals surface area contributed by atoms with Gasteiger partial charge in [-0.3, -0.25) is 0 Å². The second-order valence-electron chi connectivity index (χ2n) is 3.47. The van der Waals surface area contributed by atoms with Gasteiger partial charge in [0.2, 0.25) is 0 Å². The van der Waals surface area contributed by atoms with Crippen LogP contribution in [0.15, 0.2) is 0 Å². The molecule has 0 saturated carbocycles. The third-order valence-corrected chi connectivity index (χ3v) is 2.36. The first-order valence-corrected chi connectivity index (χ1v) is 4.10. The number of nitrogens with one attached hydrogen (secondary N) is 1. The van der Waals surface area contributed by atoms with Crippen molar-refractivity contribution in [3.8, 4) is 0 Å². The highest BCUT2D eigenvalue weighted by atomic mass is 16.3. The van der Waals surface area contributed by atoms with Gasteiger partial charge < -0.3 is 10.4 Å². The van der Waals surface area contributed by atoms with Crippen LogP contribution in [-0.4, -0.2) is 24.3 Å². The Balaban J connectivity index is 2.40. The molecule has 2 nitrogen and oxygen atoms in total. The highest BCUT2D eigenvalue weighted by molar-refractivity contribution is 4.78. The van der Waals surface area contributed by atoms with Gasteiger partial charge in [-0.25, -0.2) is 0 Å². The number of hydrogen-bond donors (Lipinski definition) is 2. The van der Waals surface area contributed by atoms with E-state index >= 15 is 0 Å². The predicted octanol–water partition coefficient (Wildman–Crippen LogP) is 0.613. The van der Waals surface area contributed by atoms with Crippen molar-refractivity contribution >= 4 is 0 Å². The minimum absolute atomic E-state index is 0.117. The SMILES string of the molecule is CC(C)[C@H]1CCNC[C@H]1O. The van der Waals surface area contributed by atoms with Crippen LogP contribution < -0.4 is 5.32 Å². The lowest BCUT2D eigenvalue weighted by atomic mass is 9.85. The number of aliphatic hydroxyl groups is 1. The van der Waals surface area contributed by atoms with Gasteiger partial charge in [-0.15, -0.1) is 0 Å². The third-order valence-electron chi connectivity index (χ3n) is 2.36. The summed E-state index contributed by atoms with van der Waals surface area (Å²) < 4.78 is 0. The van der Waals surface area contributed by atoms with Gasteiger partial charge in [0.1, 0.15) is 0 Å². The highest BCUT2D eigenvalue weighted by Crippen LogP contribution is 2.20. The molecule has 0 radical (unpaired) electrons. The van der Waals surface area contributed by atoms with Crippen molar-refractivity contribution in [2.75, 3.05) is 13.1 Å². The van der Waals surface area contributed by atoms with Crippen molar-refractivity contribution in [1.82, 2.24) is 5.32 Å². The second-order valence-corrected chi connectivity index (χ2v) is 3.47. The summed E-state index contributed by atoms with van der Waals surface area (Å²) in [5, 5.41) is 12.6. The third kappa shape index (κ3) is 1.70. The van der Waals surface area contributed by atoms with Crippen molar-refractivity contribution < 1.29 is 5.11 Å². The van der Waals surface area contributed by atoms with E-state index in [0.717, 1.165) is 19.5 Å². The average molecular weight is 143 g/mol. The monoisotopic (exact) mass is 143 g/mol. The zero-order valence-electron chi connectivity index (χ0n) is 6.80. The van der Waals surface area contributed by atoms with Crippen LogP contribution in [-0.2, 0) is 0 Å². The molecule has 1 saturated heterocycles. The summed E-state index contributed by atoms with van der Waals surface area (Å²) in [6, 6.07) is 0. The number of rotatable bonds is 1. The minimum atomic E-state index is -0.117. The van der Waals surface area contributed by atoms with Gasteiger partial charge in [-0.05, 0) is 24.8 Å². The average Bonchev–Trinajstić information content (AvgIpc) is 1.88. The Morgan fingerprint density at radius 1 is 1.50 bits per heavy atom. The van der Waals surface area contributed by atoms with Crippen molar-refractivity contribution in [2.45, 2.75) is 26.4 Å². The Labute approximate surface area is 62.6 Å². The molecule has 0 aromatic rings. The molecule has 0 aromatic carbocycles. The number of hydrogen-bond acceptors (Lipinski definition) is 2. The van der Waals surface area contributed by atoms with Gasteiger partial charge in [0.15, 0.2) is 0 Å². The topological polar surface area (TPSA) is 32.3 Å². The van der Waals surface area contributed by atoms with Crippen LogP contribution in [0.25, 0.3) is 0 Å². The molecular weight excluding hydrogens is 126 g/mol. The standard InChI is InChI=1S/C8H17NO/c1-6(2)7-3-4-9-5-8(7)10/h6-10H,3-5H2,1-2H3/t7-,8-/m1/s1. The quantitative estimate of drug-likeness (QED) is 0.564. The van der Waals surface area contributed by atoms with Gasteiger partial charge >= 0.3 is 0 Å². The molecule has 2 atom stereocenters. The zero-order valence-corrected chi connectivity index (χ0v) is 6.80. The van der Waals surface area contributed by atoms with E-state index in [1.807, 2.05) is 0 Å². The maximum absolute atomic E-state index is 9.48. The molecule has 2 N–H and O–H groups in total. The lowest BCUT2D eigenvalue weighted by Crippen LogP contribution is -2.42. The van der Waals surface area contributed by atoms with E-state index in [4.69, 9.17) is 0 Å². The minimum Gasteiger partial charge on any atom is -0.392 e. The first kappa shape index (κ1) is 8.02. The van der Waals surface area contributed by atoms with Crippen LogP contribution in [0.3, 0.4) is 0 Å². The number of aliphatic hydroxyl groups excluding tert-OH is 1. The number of piperidine rings is 1. The molecule has 1 fully saturated rings. The van der Waals surface area contributed by atoms with Gasteiger partial charge in [0, 0.05) is 6.54 Å². The Morgan fingerprint density at radius 3 is 2.60 bits per heavy atom. The molecule has 60 valence electrons. The van der Waals surface area contributed by atoms with E-state index in [2.05, 4.69) is 19.2 Å². The van der Waals surface area contributed by atoms with E-state index in [9.17, 15) is 5.11 Å². The maximum Gasteiger partial charge on any atom is 0.0695 e. The molecule has 0 aliphatic carbocycles.